The standard InChI is InChI=1S/C20H20FNO4/c1-3-24-16-6-4-5-14(10-16)9-13(2)25-18-8-7-15(11-17(18)21)19-12-20(23)22-26-19/h4-8,10-13H,3,9H2,1-2H3,(H,22,23). The van der Waals surface area contributed by atoms with Crippen molar-refractivity contribution in [3.63, 3.8) is 0 Å². The lowest BCUT2D eigenvalue weighted by molar-refractivity contribution is 0.212. The van der Waals surface area contributed by atoms with Gasteiger partial charge in [-0.25, -0.2) is 4.39 Å². The van der Waals surface area contributed by atoms with Gasteiger partial charge in [-0.05, 0) is 54.9 Å². The van der Waals surface area contributed by atoms with Crippen molar-refractivity contribution in [3.8, 4) is 28.7 Å². The number of halogens is 1. The highest BCUT2D eigenvalue weighted by molar-refractivity contribution is 5.59. The Bertz CT molecular complexity index is 878. The maximum atomic E-state index is 14.3. The van der Waals surface area contributed by atoms with Gasteiger partial charge < -0.3 is 19.1 Å². The smallest absolute Gasteiger partial charge is 0.252 e. The number of hydrogen-bond acceptors (Lipinski definition) is 5. The van der Waals surface area contributed by atoms with Crippen molar-refractivity contribution in [1.82, 2.24) is 5.16 Å². The molecule has 1 N–H and O–H groups in total. The minimum absolute atomic E-state index is 0.158. The van der Waals surface area contributed by atoms with Gasteiger partial charge in [0.15, 0.2) is 17.3 Å². The van der Waals surface area contributed by atoms with E-state index in [-0.39, 0.29) is 23.5 Å². The molecule has 3 rings (SSSR count). The van der Waals surface area contributed by atoms with Crippen LogP contribution in [0.1, 0.15) is 19.4 Å². The van der Waals surface area contributed by atoms with E-state index >= 15 is 0 Å². The van der Waals surface area contributed by atoms with Crippen molar-refractivity contribution in [2.75, 3.05) is 6.61 Å². The van der Waals surface area contributed by atoms with Crippen molar-refractivity contribution in [1.29, 1.82) is 0 Å². The van der Waals surface area contributed by atoms with Gasteiger partial charge in [-0.1, -0.05) is 12.1 Å². The molecular formula is C20H20FNO4. The first-order valence-corrected chi connectivity index (χ1v) is 8.39. The van der Waals surface area contributed by atoms with Crippen molar-refractivity contribution in [2.24, 2.45) is 0 Å². The number of aromatic nitrogens is 1. The number of rotatable bonds is 7. The second kappa shape index (κ2) is 7.91. The first-order chi connectivity index (χ1) is 12.5. The zero-order chi connectivity index (χ0) is 18.5. The van der Waals surface area contributed by atoms with Gasteiger partial charge >= 0.3 is 0 Å². The summed E-state index contributed by atoms with van der Waals surface area (Å²) < 4.78 is 30.5. The third kappa shape index (κ3) is 4.33. The zero-order valence-corrected chi connectivity index (χ0v) is 14.6. The van der Waals surface area contributed by atoms with Crippen molar-refractivity contribution < 1.29 is 23.5 Å². The van der Waals surface area contributed by atoms with Crippen LogP contribution in [0.2, 0.25) is 0 Å². The SMILES string of the molecule is CCOc1cccc(CC(C)Oc2ccc(-c3cc(O)no3)cc2F)c1. The summed E-state index contributed by atoms with van der Waals surface area (Å²) in [6.07, 6.45) is 0.402. The fourth-order valence-corrected chi connectivity index (χ4v) is 2.67. The van der Waals surface area contributed by atoms with Crippen molar-refractivity contribution in [3.05, 3.63) is 59.9 Å². The highest BCUT2D eigenvalue weighted by atomic mass is 19.1. The molecule has 1 unspecified atom stereocenters. The van der Waals surface area contributed by atoms with Gasteiger partial charge in [0.2, 0.25) is 0 Å². The van der Waals surface area contributed by atoms with E-state index in [0.717, 1.165) is 11.3 Å². The molecule has 0 radical (unpaired) electrons. The maximum Gasteiger partial charge on any atom is 0.252 e. The Balaban J connectivity index is 1.67. The summed E-state index contributed by atoms with van der Waals surface area (Å²) in [6, 6.07) is 13.6. The van der Waals surface area contributed by atoms with E-state index in [1.54, 1.807) is 6.07 Å². The van der Waals surface area contributed by atoms with Crippen LogP contribution in [0.5, 0.6) is 17.4 Å². The van der Waals surface area contributed by atoms with Crippen LogP contribution < -0.4 is 9.47 Å². The zero-order valence-electron chi connectivity index (χ0n) is 14.6. The summed E-state index contributed by atoms with van der Waals surface area (Å²) >= 11 is 0. The van der Waals surface area contributed by atoms with E-state index in [9.17, 15) is 9.50 Å². The molecule has 26 heavy (non-hydrogen) atoms. The summed E-state index contributed by atoms with van der Waals surface area (Å²) in [7, 11) is 0. The van der Waals surface area contributed by atoms with Crippen LogP contribution in [0.3, 0.4) is 0 Å². The summed E-state index contributed by atoms with van der Waals surface area (Å²) in [5.41, 5.74) is 1.53. The van der Waals surface area contributed by atoms with Gasteiger partial charge in [0, 0.05) is 18.1 Å². The molecule has 3 aromatic rings. The number of benzene rings is 2. The number of nitrogens with zero attached hydrogens (tertiary/aromatic N) is 1. The molecule has 0 amide bonds. The van der Waals surface area contributed by atoms with Crippen LogP contribution in [0.15, 0.2) is 53.1 Å². The molecule has 2 aromatic carbocycles. The molecule has 0 saturated heterocycles. The monoisotopic (exact) mass is 357 g/mol. The molecule has 136 valence electrons. The Morgan fingerprint density at radius 2 is 2.04 bits per heavy atom. The van der Waals surface area contributed by atoms with Gasteiger partial charge in [0.1, 0.15) is 11.9 Å². The minimum atomic E-state index is -0.506. The Kier molecular flexibility index (Phi) is 5.41. The lowest BCUT2D eigenvalue weighted by Crippen LogP contribution is -2.15. The fourth-order valence-electron chi connectivity index (χ4n) is 2.67. The van der Waals surface area contributed by atoms with Crippen LogP contribution in [0.25, 0.3) is 11.3 Å². The largest absolute Gasteiger partial charge is 0.494 e. The van der Waals surface area contributed by atoms with Crippen molar-refractivity contribution >= 4 is 0 Å². The lowest BCUT2D eigenvalue weighted by atomic mass is 10.1. The summed E-state index contributed by atoms with van der Waals surface area (Å²) in [6.45, 7) is 4.43. The minimum Gasteiger partial charge on any atom is -0.494 e. The number of hydrogen-bond donors (Lipinski definition) is 1. The van der Waals surface area contributed by atoms with Crippen LogP contribution in [0.4, 0.5) is 4.39 Å². The van der Waals surface area contributed by atoms with Gasteiger partial charge in [-0.3, -0.25) is 0 Å². The lowest BCUT2D eigenvalue weighted by Gasteiger charge is -2.16. The quantitative estimate of drug-likeness (QED) is 0.670. The van der Waals surface area contributed by atoms with Crippen LogP contribution in [-0.4, -0.2) is 23.0 Å². The van der Waals surface area contributed by atoms with Gasteiger partial charge in [0.05, 0.1) is 6.61 Å². The van der Waals surface area contributed by atoms with Gasteiger partial charge in [0.25, 0.3) is 5.88 Å². The fraction of sp³-hybridized carbons (Fsp3) is 0.250. The van der Waals surface area contributed by atoms with Gasteiger partial charge in [-0.15, -0.1) is 0 Å². The molecule has 0 aliphatic rings. The third-order valence-electron chi connectivity index (χ3n) is 3.77. The van der Waals surface area contributed by atoms with E-state index in [1.165, 1.54) is 18.2 Å². The number of aromatic hydroxyl groups is 1. The predicted molar refractivity (Wildman–Crippen MR) is 95.0 cm³/mol. The van der Waals surface area contributed by atoms with E-state index in [2.05, 4.69) is 5.16 Å². The molecule has 5 nitrogen and oxygen atoms in total. The summed E-state index contributed by atoms with van der Waals surface area (Å²) in [4.78, 5) is 0. The molecule has 0 bridgehead atoms. The van der Waals surface area contributed by atoms with Crippen LogP contribution in [-0.2, 0) is 6.42 Å². The Morgan fingerprint density at radius 1 is 1.19 bits per heavy atom. The summed E-state index contributed by atoms with van der Waals surface area (Å²) in [5.74, 6) is 0.500. The maximum absolute atomic E-state index is 14.3. The average Bonchev–Trinajstić information content (AvgIpc) is 3.04. The van der Waals surface area contributed by atoms with E-state index in [4.69, 9.17) is 14.0 Å². The van der Waals surface area contributed by atoms with Crippen LogP contribution in [0, 0.1) is 5.82 Å². The first-order valence-electron chi connectivity index (χ1n) is 8.39. The molecule has 0 aliphatic heterocycles. The summed E-state index contributed by atoms with van der Waals surface area (Å²) in [5, 5.41) is 12.6. The number of ether oxygens (including phenoxy) is 2. The molecule has 1 atom stereocenters. The Hall–Kier alpha value is -3.02. The third-order valence-corrected chi connectivity index (χ3v) is 3.77. The van der Waals surface area contributed by atoms with E-state index in [0.29, 0.717) is 18.6 Å². The topological polar surface area (TPSA) is 64.7 Å². The van der Waals surface area contributed by atoms with E-state index in [1.807, 2.05) is 38.1 Å². The molecule has 0 spiro atoms. The molecule has 0 fully saturated rings. The normalized spacial score (nSPS) is 12.0. The average molecular weight is 357 g/mol. The molecule has 1 heterocycles. The molecule has 6 heteroatoms. The second-order valence-electron chi connectivity index (χ2n) is 5.91. The Labute approximate surface area is 151 Å². The highest BCUT2D eigenvalue weighted by Crippen LogP contribution is 2.28. The first kappa shape index (κ1) is 17.8. The van der Waals surface area contributed by atoms with Crippen LogP contribution >= 0.6 is 0 Å². The molecule has 0 saturated carbocycles. The molecule has 1 aromatic heterocycles. The van der Waals surface area contributed by atoms with E-state index < -0.39 is 5.82 Å². The predicted octanol–water partition coefficient (Wildman–Crippen LogP) is 4.60. The molecular weight excluding hydrogens is 337 g/mol. The van der Waals surface area contributed by atoms with Gasteiger partial charge in [-0.2, -0.15) is 0 Å². The Morgan fingerprint density at radius 3 is 2.73 bits per heavy atom. The second-order valence-corrected chi connectivity index (χ2v) is 5.91. The highest BCUT2D eigenvalue weighted by Gasteiger charge is 2.13. The van der Waals surface area contributed by atoms with Crippen molar-refractivity contribution in [2.45, 2.75) is 26.4 Å². The molecule has 0 aliphatic carbocycles.